The van der Waals surface area contributed by atoms with Crippen molar-refractivity contribution >= 4 is 28.9 Å². The van der Waals surface area contributed by atoms with Crippen molar-refractivity contribution in [1.29, 1.82) is 0 Å². The van der Waals surface area contributed by atoms with Crippen molar-refractivity contribution in [3.8, 4) is 22.1 Å². The summed E-state index contributed by atoms with van der Waals surface area (Å²) in [6.45, 7) is 6.06. The Morgan fingerprint density at radius 1 is 1.00 bits per heavy atom. The smallest absolute Gasteiger partial charge is 0.350 e. The van der Waals surface area contributed by atoms with Gasteiger partial charge < -0.3 is 19.5 Å². The van der Waals surface area contributed by atoms with E-state index in [0.717, 1.165) is 10.6 Å². The molecule has 0 aliphatic heterocycles. The second kappa shape index (κ2) is 10.6. The van der Waals surface area contributed by atoms with Crippen LogP contribution in [-0.2, 0) is 9.53 Å². The van der Waals surface area contributed by atoms with Crippen molar-refractivity contribution in [3.05, 3.63) is 59.1 Å². The molecule has 0 saturated heterocycles. The first-order valence-corrected chi connectivity index (χ1v) is 10.7. The Hall–Kier alpha value is -3.39. The summed E-state index contributed by atoms with van der Waals surface area (Å²) in [4.78, 5) is 29.5. The van der Waals surface area contributed by atoms with Gasteiger partial charge in [0.25, 0.3) is 5.91 Å². The largest absolute Gasteiger partial charge is 0.490 e. The third-order valence-electron chi connectivity index (χ3n) is 4.16. The lowest BCUT2D eigenvalue weighted by atomic mass is 10.2. The predicted octanol–water partition coefficient (Wildman–Crippen LogP) is 4.71. The summed E-state index contributed by atoms with van der Waals surface area (Å²) in [5, 5.41) is 3.43. The van der Waals surface area contributed by atoms with Gasteiger partial charge in [-0.05, 0) is 32.9 Å². The average Bonchev–Trinajstić information content (AvgIpc) is 3.16. The molecule has 0 spiro atoms. The Kier molecular flexibility index (Phi) is 7.61. The van der Waals surface area contributed by atoms with Crippen LogP contribution in [0.3, 0.4) is 0 Å². The second-order valence-electron chi connectivity index (χ2n) is 6.45. The van der Waals surface area contributed by atoms with Gasteiger partial charge in [0, 0.05) is 17.3 Å². The molecule has 0 unspecified atom stereocenters. The van der Waals surface area contributed by atoms with Crippen LogP contribution in [0.5, 0.6) is 11.5 Å². The lowest BCUT2D eigenvalue weighted by molar-refractivity contribution is -0.119. The van der Waals surface area contributed by atoms with Gasteiger partial charge >= 0.3 is 5.97 Å². The van der Waals surface area contributed by atoms with Gasteiger partial charge in [-0.1, -0.05) is 30.3 Å². The van der Waals surface area contributed by atoms with Gasteiger partial charge in [0.2, 0.25) is 0 Å². The van der Waals surface area contributed by atoms with Gasteiger partial charge in [0.05, 0.1) is 18.9 Å². The molecular formula is C23H24N2O5S. The molecule has 3 aromatic rings. The number of carbonyl (C=O) groups excluding carboxylic acids is 2. The van der Waals surface area contributed by atoms with Crippen molar-refractivity contribution < 1.29 is 23.8 Å². The van der Waals surface area contributed by atoms with E-state index in [9.17, 15) is 9.59 Å². The third-order valence-corrected chi connectivity index (χ3v) is 5.35. The molecule has 1 N–H and O–H groups in total. The van der Waals surface area contributed by atoms with Crippen LogP contribution >= 0.6 is 11.3 Å². The first-order valence-electron chi connectivity index (χ1n) is 9.91. The second-order valence-corrected chi connectivity index (χ2v) is 7.45. The minimum absolute atomic E-state index is 0.381. The number of carbonyl (C=O) groups is 2. The molecule has 0 atom stereocenters. The van der Waals surface area contributed by atoms with Crippen LogP contribution in [-0.4, -0.2) is 36.7 Å². The summed E-state index contributed by atoms with van der Waals surface area (Å²) < 4.78 is 16.3. The van der Waals surface area contributed by atoms with Crippen molar-refractivity contribution in [2.75, 3.05) is 25.1 Å². The van der Waals surface area contributed by atoms with E-state index < -0.39 is 18.5 Å². The zero-order valence-electron chi connectivity index (χ0n) is 17.6. The number of esters is 1. The SMILES string of the molecule is CCOc1ccc(NC(=O)COC(=O)c2sc(-c3ccccc3)nc2C)cc1OCC. The van der Waals surface area contributed by atoms with E-state index in [-0.39, 0.29) is 0 Å². The topological polar surface area (TPSA) is 86.8 Å². The predicted molar refractivity (Wildman–Crippen MR) is 120 cm³/mol. The lowest BCUT2D eigenvalue weighted by Gasteiger charge is -2.13. The van der Waals surface area contributed by atoms with Crippen molar-refractivity contribution in [2.45, 2.75) is 20.8 Å². The highest BCUT2D eigenvalue weighted by Gasteiger charge is 2.19. The van der Waals surface area contributed by atoms with Crippen molar-refractivity contribution in [1.82, 2.24) is 4.98 Å². The number of nitrogens with one attached hydrogen (secondary N) is 1. The van der Waals surface area contributed by atoms with Crippen LogP contribution in [0.2, 0.25) is 0 Å². The first kappa shape index (κ1) is 22.3. The van der Waals surface area contributed by atoms with Crippen LogP contribution in [0, 0.1) is 6.92 Å². The Balaban J connectivity index is 1.60. The minimum atomic E-state index is -0.575. The van der Waals surface area contributed by atoms with Crippen molar-refractivity contribution in [2.24, 2.45) is 0 Å². The number of thiazole rings is 1. The molecule has 2 aromatic carbocycles. The van der Waals surface area contributed by atoms with Gasteiger partial charge in [-0.2, -0.15) is 0 Å². The highest BCUT2D eigenvalue weighted by Crippen LogP contribution is 2.31. The molecular weight excluding hydrogens is 416 g/mol. The number of aryl methyl sites for hydroxylation is 1. The molecule has 3 rings (SSSR count). The van der Waals surface area contributed by atoms with E-state index in [0.29, 0.717) is 41.0 Å². The number of amides is 1. The summed E-state index contributed by atoms with van der Waals surface area (Å²) in [5.41, 5.74) is 2.02. The Bertz CT molecular complexity index is 1050. The zero-order valence-corrected chi connectivity index (χ0v) is 18.5. The number of aromatic nitrogens is 1. The third kappa shape index (κ3) is 5.82. The maximum absolute atomic E-state index is 12.5. The van der Waals surface area contributed by atoms with Crippen LogP contribution in [0.15, 0.2) is 48.5 Å². The summed E-state index contributed by atoms with van der Waals surface area (Å²) in [5.74, 6) is 0.107. The molecule has 31 heavy (non-hydrogen) atoms. The molecule has 162 valence electrons. The summed E-state index contributed by atoms with van der Waals surface area (Å²) >= 11 is 1.24. The molecule has 1 heterocycles. The van der Waals surface area contributed by atoms with Crippen molar-refractivity contribution in [3.63, 3.8) is 0 Å². The van der Waals surface area contributed by atoms with E-state index in [1.807, 2.05) is 44.2 Å². The number of ether oxygens (including phenoxy) is 3. The number of benzene rings is 2. The normalized spacial score (nSPS) is 10.4. The van der Waals surface area contributed by atoms with E-state index in [1.165, 1.54) is 11.3 Å². The molecule has 1 amide bonds. The van der Waals surface area contributed by atoms with E-state index in [4.69, 9.17) is 14.2 Å². The maximum atomic E-state index is 12.5. The number of rotatable bonds is 9. The fourth-order valence-electron chi connectivity index (χ4n) is 2.81. The van der Waals surface area contributed by atoms with Crippen LogP contribution in [0.25, 0.3) is 10.6 Å². The Morgan fingerprint density at radius 3 is 2.42 bits per heavy atom. The summed E-state index contributed by atoms with van der Waals surface area (Å²) in [7, 11) is 0. The Morgan fingerprint density at radius 2 is 1.71 bits per heavy atom. The van der Waals surface area contributed by atoms with Gasteiger partial charge in [-0.25, -0.2) is 9.78 Å². The molecule has 8 heteroatoms. The van der Waals surface area contributed by atoms with Gasteiger partial charge in [0.15, 0.2) is 18.1 Å². The van der Waals surface area contributed by atoms with E-state index in [2.05, 4.69) is 10.3 Å². The minimum Gasteiger partial charge on any atom is -0.490 e. The summed E-state index contributed by atoms with van der Waals surface area (Å²) in [6, 6.07) is 14.7. The number of nitrogens with zero attached hydrogens (tertiary/aromatic N) is 1. The molecule has 0 aliphatic rings. The average molecular weight is 441 g/mol. The Labute approximate surface area is 185 Å². The van der Waals surface area contributed by atoms with Gasteiger partial charge in [-0.3, -0.25) is 4.79 Å². The molecule has 0 bridgehead atoms. The van der Waals surface area contributed by atoms with Crippen LogP contribution in [0.1, 0.15) is 29.2 Å². The fraction of sp³-hybridized carbons (Fsp3) is 0.261. The van der Waals surface area contributed by atoms with Gasteiger partial charge in [0.1, 0.15) is 9.88 Å². The van der Waals surface area contributed by atoms with E-state index in [1.54, 1.807) is 25.1 Å². The molecule has 0 aliphatic carbocycles. The summed E-state index contributed by atoms with van der Waals surface area (Å²) in [6.07, 6.45) is 0. The molecule has 0 radical (unpaired) electrons. The zero-order chi connectivity index (χ0) is 22.2. The quantitative estimate of drug-likeness (QED) is 0.485. The standard InChI is InChI=1S/C23H24N2O5S/c1-4-28-18-12-11-17(13-19(18)29-5-2)25-20(26)14-30-23(27)21-15(3)24-22(31-21)16-9-7-6-8-10-16/h6-13H,4-5,14H2,1-3H3,(H,25,26). The monoisotopic (exact) mass is 440 g/mol. The van der Waals surface area contributed by atoms with E-state index >= 15 is 0 Å². The maximum Gasteiger partial charge on any atom is 0.350 e. The van der Waals surface area contributed by atoms with Crippen LogP contribution in [0.4, 0.5) is 5.69 Å². The highest BCUT2D eigenvalue weighted by molar-refractivity contribution is 7.17. The number of anilines is 1. The van der Waals surface area contributed by atoms with Crippen LogP contribution < -0.4 is 14.8 Å². The fourth-order valence-corrected chi connectivity index (χ4v) is 3.78. The van der Waals surface area contributed by atoms with Gasteiger partial charge in [-0.15, -0.1) is 11.3 Å². The number of hydrogen-bond acceptors (Lipinski definition) is 7. The molecule has 7 nitrogen and oxygen atoms in total. The number of hydrogen-bond donors (Lipinski definition) is 1. The highest BCUT2D eigenvalue weighted by atomic mass is 32.1. The lowest BCUT2D eigenvalue weighted by Crippen LogP contribution is -2.21. The molecule has 0 fully saturated rings. The first-order chi connectivity index (χ1) is 15.0. The molecule has 1 aromatic heterocycles. The molecule has 0 saturated carbocycles.